The SMILES string of the molecule is C#Cc1c(F)ccc2cc(O)cc(-c3ncc4c(N5CCC(NC(=O)CO)C5)nc(OC[C@@]56CCCN5C[C@H](F)C6)nc4c3F)c12. The second kappa shape index (κ2) is 11.6. The Hall–Kier alpha value is -4.67. The molecule has 3 saturated heterocycles. The van der Waals surface area contributed by atoms with Gasteiger partial charge in [0.05, 0.1) is 16.5 Å². The van der Waals surface area contributed by atoms with E-state index in [1.807, 2.05) is 4.90 Å². The third-order valence-electron chi connectivity index (χ3n) is 9.32. The molecule has 5 heterocycles. The summed E-state index contributed by atoms with van der Waals surface area (Å²) in [5, 5.41) is 23.3. The Bertz CT molecular complexity index is 1920. The Morgan fingerprint density at radius 3 is 2.87 bits per heavy atom. The van der Waals surface area contributed by atoms with Gasteiger partial charge in [0, 0.05) is 49.2 Å². The van der Waals surface area contributed by atoms with E-state index in [9.17, 15) is 23.8 Å². The maximum Gasteiger partial charge on any atom is 0.319 e. The number of phenolic OH excluding ortho intramolecular Hbond substituents is 1. The Labute approximate surface area is 262 Å². The van der Waals surface area contributed by atoms with Crippen LogP contribution >= 0.6 is 0 Å². The normalized spacial score (nSPS) is 22.8. The van der Waals surface area contributed by atoms with Gasteiger partial charge in [0.2, 0.25) is 5.91 Å². The number of hydrogen-bond acceptors (Lipinski definition) is 9. The van der Waals surface area contributed by atoms with Gasteiger partial charge in [-0.05, 0) is 49.4 Å². The Balaban J connectivity index is 1.35. The summed E-state index contributed by atoms with van der Waals surface area (Å²) in [6, 6.07) is 4.90. The molecule has 2 aromatic heterocycles. The fraction of sp³-hybridized carbons (Fsp3) is 0.394. The van der Waals surface area contributed by atoms with Crippen LogP contribution in [0.2, 0.25) is 0 Å². The van der Waals surface area contributed by atoms with Crippen LogP contribution in [-0.4, -0.2) is 93.1 Å². The molecule has 2 aromatic carbocycles. The van der Waals surface area contributed by atoms with Gasteiger partial charge in [-0.25, -0.2) is 13.2 Å². The molecule has 3 aliphatic rings. The molecule has 1 amide bonds. The number of alkyl halides is 1. The monoisotopic (exact) mass is 632 g/mol. The number of aromatic hydroxyl groups is 1. The number of pyridine rings is 1. The van der Waals surface area contributed by atoms with Crippen molar-refractivity contribution in [3.63, 3.8) is 0 Å². The molecule has 3 N–H and O–H groups in total. The molecule has 0 radical (unpaired) electrons. The van der Waals surface area contributed by atoms with Gasteiger partial charge in [-0.1, -0.05) is 12.0 Å². The smallest absolute Gasteiger partial charge is 0.319 e. The Morgan fingerprint density at radius 2 is 2.07 bits per heavy atom. The number of hydrogen-bond donors (Lipinski definition) is 3. The van der Waals surface area contributed by atoms with Gasteiger partial charge >= 0.3 is 6.01 Å². The summed E-state index contributed by atoms with van der Waals surface area (Å²) in [5.74, 6) is 0.414. The third kappa shape index (κ3) is 5.11. The molecule has 3 fully saturated rings. The molecule has 0 spiro atoms. The largest absolute Gasteiger partial charge is 0.508 e. The van der Waals surface area contributed by atoms with Crippen LogP contribution < -0.4 is 15.0 Å². The molecular weight excluding hydrogens is 601 g/mol. The number of terminal acetylenes is 1. The lowest BCUT2D eigenvalue weighted by molar-refractivity contribution is -0.124. The van der Waals surface area contributed by atoms with Crippen LogP contribution in [0.4, 0.5) is 19.0 Å². The summed E-state index contributed by atoms with van der Waals surface area (Å²) in [4.78, 5) is 29.3. The molecular formula is C33H31F3N6O4. The number of nitrogens with one attached hydrogen (secondary N) is 1. The van der Waals surface area contributed by atoms with Crippen molar-refractivity contribution in [2.24, 2.45) is 0 Å². The number of carbonyl (C=O) groups is 1. The van der Waals surface area contributed by atoms with Crippen molar-refractivity contribution < 1.29 is 32.9 Å². The highest BCUT2D eigenvalue weighted by atomic mass is 19.1. The van der Waals surface area contributed by atoms with Gasteiger partial charge in [0.15, 0.2) is 5.82 Å². The van der Waals surface area contributed by atoms with E-state index in [0.29, 0.717) is 43.7 Å². The number of halogens is 3. The van der Waals surface area contributed by atoms with E-state index in [0.717, 1.165) is 19.4 Å². The number of aliphatic hydroxyl groups excluding tert-OH is 1. The van der Waals surface area contributed by atoms with Crippen LogP contribution in [-0.2, 0) is 4.79 Å². The van der Waals surface area contributed by atoms with Crippen LogP contribution in [0.3, 0.4) is 0 Å². The van der Waals surface area contributed by atoms with Crippen molar-refractivity contribution in [3.05, 3.63) is 47.7 Å². The molecule has 3 aliphatic heterocycles. The molecule has 1 unspecified atom stereocenters. The molecule has 13 heteroatoms. The second-order valence-electron chi connectivity index (χ2n) is 12.2. The summed E-state index contributed by atoms with van der Waals surface area (Å²) in [7, 11) is 0. The fourth-order valence-electron chi connectivity index (χ4n) is 7.26. The number of phenols is 1. The van der Waals surface area contributed by atoms with E-state index >= 15 is 4.39 Å². The first kappa shape index (κ1) is 30.0. The fourth-order valence-corrected chi connectivity index (χ4v) is 7.26. The molecule has 0 bridgehead atoms. The Morgan fingerprint density at radius 1 is 1.22 bits per heavy atom. The average molecular weight is 633 g/mol. The highest BCUT2D eigenvalue weighted by Gasteiger charge is 2.49. The number of nitrogens with zero attached hydrogens (tertiary/aromatic N) is 5. The van der Waals surface area contributed by atoms with Gasteiger partial charge in [-0.2, -0.15) is 9.97 Å². The first-order chi connectivity index (χ1) is 22.2. The van der Waals surface area contributed by atoms with E-state index in [4.69, 9.17) is 11.2 Å². The Kier molecular flexibility index (Phi) is 7.57. The first-order valence-corrected chi connectivity index (χ1v) is 15.1. The molecule has 0 saturated carbocycles. The van der Waals surface area contributed by atoms with Crippen molar-refractivity contribution >= 4 is 33.4 Å². The number of benzene rings is 2. The highest BCUT2D eigenvalue weighted by Crippen LogP contribution is 2.42. The number of anilines is 1. The van der Waals surface area contributed by atoms with Gasteiger partial charge in [-0.3, -0.25) is 14.7 Å². The molecule has 46 heavy (non-hydrogen) atoms. The standard InChI is InChI=1S/C33H31F3N6O4/c1-2-22-25(35)5-4-18-10-21(44)11-23(27(18)22)29-28(36)30-24(13-37-29)31(41-9-6-20(15-41)38-26(45)16-43)40-32(39-30)46-17-33-7-3-8-42(33)14-19(34)12-33/h1,4-5,10-11,13,19-20,43-44H,3,6-9,12,14-17H2,(H,38,45)/t19-,20?,33+/m1/s1. The summed E-state index contributed by atoms with van der Waals surface area (Å²) >= 11 is 0. The van der Waals surface area contributed by atoms with Crippen molar-refractivity contribution in [3.8, 4) is 35.4 Å². The second-order valence-corrected chi connectivity index (χ2v) is 12.2. The van der Waals surface area contributed by atoms with Crippen LogP contribution in [0.1, 0.15) is 31.2 Å². The molecule has 10 nitrogen and oxygen atoms in total. The van der Waals surface area contributed by atoms with Crippen LogP contribution in [0.5, 0.6) is 11.8 Å². The molecule has 7 rings (SSSR count). The van der Waals surface area contributed by atoms with Crippen LogP contribution in [0.25, 0.3) is 32.9 Å². The lowest BCUT2D eigenvalue weighted by Gasteiger charge is -2.31. The van der Waals surface area contributed by atoms with E-state index in [2.05, 4.69) is 31.1 Å². The minimum Gasteiger partial charge on any atom is -0.508 e. The number of ether oxygens (including phenoxy) is 1. The minimum absolute atomic E-state index is 0.0814. The third-order valence-corrected chi connectivity index (χ3v) is 9.32. The number of carbonyl (C=O) groups excluding carboxylic acids is 1. The van der Waals surface area contributed by atoms with Crippen molar-refractivity contribution in [1.29, 1.82) is 0 Å². The molecule has 3 atom stereocenters. The topological polar surface area (TPSA) is 124 Å². The summed E-state index contributed by atoms with van der Waals surface area (Å²) < 4.78 is 52.1. The predicted molar refractivity (Wildman–Crippen MR) is 164 cm³/mol. The van der Waals surface area contributed by atoms with Gasteiger partial charge in [0.1, 0.15) is 48.0 Å². The van der Waals surface area contributed by atoms with Crippen molar-refractivity contribution in [1.82, 2.24) is 25.2 Å². The van der Waals surface area contributed by atoms with Gasteiger partial charge in [0.25, 0.3) is 0 Å². The zero-order valence-corrected chi connectivity index (χ0v) is 24.8. The summed E-state index contributed by atoms with van der Waals surface area (Å²) in [6.45, 7) is 1.36. The maximum absolute atomic E-state index is 16.7. The molecule has 4 aromatic rings. The number of rotatable bonds is 7. The number of fused-ring (bicyclic) bond motifs is 3. The van der Waals surface area contributed by atoms with Crippen molar-refractivity contribution in [2.45, 2.75) is 43.4 Å². The average Bonchev–Trinajstić information content (AvgIpc) is 3.74. The van der Waals surface area contributed by atoms with Gasteiger partial charge in [-0.15, -0.1) is 6.42 Å². The number of amides is 1. The van der Waals surface area contributed by atoms with Crippen molar-refractivity contribution in [2.75, 3.05) is 44.3 Å². The maximum atomic E-state index is 16.7. The zero-order valence-electron chi connectivity index (χ0n) is 24.8. The molecule has 238 valence electrons. The zero-order chi connectivity index (χ0) is 32.2. The first-order valence-electron chi connectivity index (χ1n) is 15.1. The van der Waals surface area contributed by atoms with E-state index < -0.39 is 35.9 Å². The number of aliphatic hydroxyl groups is 1. The van der Waals surface area contributed by atoms with E-state index in [-0.39, 0.29) is 57.5 Å². The van der Waals surface area contributed by atoms with Crippen LogP contribution in [0, 0.1) is 24.0 Å². The summed E-state index contributed by atoms with van der Waals surface area (Å²) in [5.41, 5.74) is -0.852. The summed E-state index contributed by atoms with van der Waals surface area (Å²) in [6.07, 6.45) is 8.63. The lowest BCUT2D eigenvalue weighted by atomic mass is 9.95. The van der Waals surface area contributed by atoms with Crippen LogP contribution in [0.15, 0.2) is 30.5 Å². The highest BCUT2D eigenvalue weighted by molar-refractivity contribution is 6.03. The van der Waals surface area contributed by atoms with Gasteiger partial charge < -0.3 is 25.2 Å². The van der Waals surface area contributed by atoms with E-state index in [1.54, 1.807) is 0 Å². The number of aromatic nitrogens is 3. The van der Waals surface area contributed by atoms with E-state index in [1.165, 1.54) is 30.5 Å². The minimum atomic E-state index is -0.964. The molecule has 0 aliphatic carbocycles. The lowest BCUT2D eigenvalue weighted by Crippen LogP contribution is -2.43. The predicted octanol–water partition coefficient (Wildman–Crippen LogP) is 3.45. The quantitative estimate of drug-likeness (QED) is 0.263.